The predicted octanol–water partition coefficient (Wildman–Crippen LogP) is 15.0. The zero-order chi connectivity index (χ0) is 51.4. The van der Waals surface area contributed by atoms with Crippen LogP contribution in [0.4, 0.5) is 23.5 Å². The molecule has 380 valence electrons. The van der Waals surface area contributed by atoms with Crippen LogP contribution in [0.2, 0.25) is 0 Å². The Morgan fingerprint density at radius 1 is 0.432 bits per heavy atom. The summed E-state index contributed by atoms with van der Waals surface area (Å²) in [6.07, 6.45) is 2.13. The number of hydrogen-bond acceptors (Lipinski definition) is 8. The first kappa shape index (κ1) is 51.2. The van der Waals surface area contributed by atoms with Crippen molar-refractivity contribution < 1.29 is 0 Å². The van der Waals surface area contributed by atoms with Crippen LogP contribution in [-0.2, 0) is 39.3 Å². The Hall–Kier alpha value is -7.72. The number of pyridine rings is 2. The first-order valence-electron chi connectivity index (χ1n) is 26.9. The van der Waals surface area contributed by atoms with Gasteiger partial charge in [0.2, 0.25) is 11.9 Å². The second-order valence-electron chi connectivity index (χ2n) is 20.3. The molecule has 10 nitrogen and oxygen atoms in total. The fraction of sp³-hybridized carbons (Fsp3) is 0.312. The molecule has 0 radical (unpaired) electrons. The number of aromatic nitrogens is 6. The molecule has 0 unspecified atom stereocenters. The van der Waals surface area contributed by atoms with Crippen LogP contribution in [-0.4, -0.2) is 48.7 Å². The van der Waals surface area contributed by atoms with Crippen molar-refractivity contribution in [3.8, 4) is 0 Å². The molecule has 10 heteroatoms. The van der Waals surface area contributed by atoms with Gasteiger partial charge in [-0.25, -0.2) is 19.9 Å². The van der Waals surface area contributed by atoms with Gasteiger partial charge in [0.25, 0.3) is 0 Å². The average Bonchev–Trinajstić information content (AvgIpc) is 3.99. The molecule has 0 saturated carbocycles. The zero-order valence-electron chi connectivity index (χ0n) is 44.6. The Balaban J connectivity index is 0.000000182. The lowest BCUT2D eigenvalue weighted by atomic mass is 10.1. The van der Waals surface area contributed by atoms with Crippen molar-refractivity contribution in [1.29, 1.82) is 0 Å². The molecule has 0 amide bonds. The summed E-state index contributed by atoms with van der Waals surface area (Å²) in [5.41, 5.74) is 11.3. The number of hydrogen-bond donors (Lipinski definition) is 1. The lowest BCUT2D eigenvalue weighted by Gasteiger charge is -2.25. The molecule has 4 aromatic heterocycles. The van der Waals surface area contributed by atoms with Crippen LogP contribution in [0.1, 0.15) is 83.6 Å². The fourth-order valence-corrected chi connectivity index (χ4v) is 10.1. The number of rotatable bonds is 21. The highest BCUT2D eigenvalue weighted by Gasteiger charge is 2.26. The second-order valence-corrected chi connectivity index (χ2v) is 20.3. The normalized spacial score (nSPS) is 11.5. The smallest absolute Gasteiger partial charge is 0.206 e. The van der Waals surface area contributed by atoms with Gasteiger partial charge in [0, 0.05) is 69.7 Å². The minimum absolute atomic E-state index is 0.490. The van der Waals surface area contributed by atoms with Crippen molar-refractivity contribution in [2.75, 3.05) is 39.7 Å². The van der Waals surface area contributed by atoms with Crippen LogP contribution >= 0.6 is 0 Å². The molecule has 4 heterocycles. The molecule has 1 N–H and O–H groups in total. The lowest BCUT2D eigenvalue weighted by molar-refractivity contribution is 0.528. The quantitative estimate of drug-likeness (QED) is 0.0762. The van der Waals surface area contributed by atoms with E-state index in [0.29, 0.717) is 11.8 Å². The highest BCUT2D eigenvalue weighted by Crippen LogP contribution is 2.38. The number of nitrogens with one attached hydrogen (secondary N) is 1. The molecule has 10 rings (SSSR count). The second kappa shape index (κ2) is 24.3. The average molecular weight is 983 g/mol. The first-order chi connectivity index (χ1) is 36.2. The van der Waals surface area contributed by atoms with Crippen molar-refractivity contribution >= 4 is 67.4 Å². The van der Waals surface area contributed by atoms with E-state index < -0.39 is 0 Å². The summed E-state index contributed by atoms with van der Waals surface area (Å²) in [5, 5.41) is 5.90. The maximum atomic E-state index is 5.39. The minimum atomic E-state index is 0.490. The zero-order valence-corrected chi connectivity index (χ0v) is 44.6. The van der Waals surface area contributed by atoms with Gasteiger partial charge in [-0.1, -0.05) is 199 Å². The number of anilines is 4. The van der Waals surface area contributed by atoms with Crippen molar-refractivity contribution in [3.63, 3.8) is 0 Å². The van der Waals surface area contributed by atoms with Crippen LogP contribution < -0.4 is 20.0 Å². The number of imidazole rings is 2. The largest absolute Gasteiger partial charge is 0.356 e. The number of nitrogens with zero attached hydrogens (tertiary/aromatic N) is 9. The molecule has 0 fully saturated rings. The van der Waals surface area contributed by atoms with Gasteiger partial charge in [-0.2, -0.15) is 0 Å². The van der Waals surface area contributed by atoms with Gasteiger partial charge in [-0.05, 0) is 66.0 Å². The highest BCUT2D eigenvalue weighted by atomic mass is 15.3. The molecule has 0 aliphatic heterocycles. The topological polar surface area (TPSA) is 83.2 Å². The molecule has 0 aliphatic rings. The predicted molar refractivity (Wildman–Crippen MR) is 312 cm³/mol. The van der Waals surface area contributed by atoms with Crippen LogP contribution in [0.5, 0.6) is 0 Å². The van der Waals surface area contributed by atoms with Gasteiger partial charge in [-0.15, -0.1) is 0 Å². The molecular formula is C64H74N10. The van der Waals surface area contributed by atoms with E-state index in [1.807, 2.05) is 0 Å². The van der Waals surface area contributed by atoms with E-state index >= 15 is 0 Å². The van der Waals surface area contributed by atoms with Crippen LogP contribution in [0, 0.1) is 11.8 Å². The summed E-state index contributed by atoms with van der Waals surface area (Å²) in [7, 11) is 0. The van der Waals surface area contributed by atoms with E-state index in [0.717, 1.165) is 134 Å². The Bertz CT molecular complexity index is 3270. The van der Waals surface area contributed by atoms with Crippen molar-refractivity contribution in [2.45, 2.75) is 101 Å². The van der Waals surface area contributed by atoms with E-state index in [1.165, 1.54) is 27.8 Å². The van der Waals surface area contributed by atoms with Crippen molar-refractivity contribution in [3.05, 3.63) is 192 Å². The summed E-state index contributed by atoms with van der Waals surface area (Å²) in [6.45, 7) is 23.4. The molecule has 6 aromatic carbocycles. The number of fused-ring (bicyclic) bond motifs is 6. The van der Waals surface area contributed by atoms with Crippen LogP contribution in [0.15, 0.2) is 170 Å². The third-order valence-electron chi connectivity index (χ3n) is 13.4. The van der Waals surface area contributed by atoms with E-state index in [1.54, 1.807) is 0 Å². The molecule has 74 heavy (non-hydrogen) atoms. The molecular weight excluding hydrogens is 909 g/mol. The third-order valence-corrected chi connectivity index (χ3v) is 13.4. The summed E-state index contributed by atoms with van der Waals surface area (Å²) in [6, 6.07) is 59.6. The Morgan fingerprint density at radius 3 is 1.23 bits per heavy atom. The molecule has 0 aliphatic carbocycles. The van der Waals surface area contributed by atoms with E-state index in [-0.39, 0.29) is 0 Å². The molecule has 0 atom stereocenters. The summed E-state index contributed by atoms with van der Waals surface area (Å²) in [4.78, 5) is 28.3. The fourth-order valence-electron chi connectivity index (χ4n) is 10.1. The summed E-state index contributed by atoms with van der Waals surface area (Å²) < 4.78 is 4.82. The minimum Gasteiger partial charge on any atom is -0.356 e. The molecule has 0 bridgehead atoms. The third kappa shape index (κ3) is 11.9. The van der Waals surface area contributed by atoms with Crippen LogP contribution in [0.3, 0.4) is 0 Å². The Morgan fingerprint density at radius 2 is 0.824 bits per heavy atom. The van der Waals surface area contributed by atoms with Crippen molar-refractivity contribution in [2.24, 2.45) is 11.8 Å². The number of benzene rings is 6. The Kier molecular flexibility index (Phi) is 16.8. The molecule has 0 spiro atoms. The summed E-state index contributed by atoms with van der Waals surface area (Å²) in [5.74, 6) is 4.84. The van der Waals surface area contributed by atoms with E-state index in [4.69, 9.17) is 19.9 Å². The molecule has 10 aromatic rings. The van der Waals surface area contributed by atoms with Gasteiger partial charge in [0.05, 0.1) is 22.1 Å². The highest BCUT2D eigenvalue weighted by molar-refractivity contribution is 6.09. The lowest BCUT2D eigenvalue weighted by Crippen LogP contribution is -2.27. The standard InChI is InChI=1S/C33H39N5.C31H35N5/c1-5-21-36(6-2)33-35-30-31(38(33)22-25(3)4)28-19-13-14-20-29(28)34-32(30)37(23-26-15-9-7-10-16-26)24-27-17-11-8-12-18-27;1-4-19-32-31-34-28-29(36(31)20-23(2)3)26-17-11-12-18-27(26)33-30(28)35(21-24-13-7-5-8-14-24)22-25-15-9-6-10-16-25/h7-20,25H,5-6,21-24H2,1-4H3;5-18,23H,4,19-22H2,1-3H3,(H,32,34). The van der Waals surface area contributed by atoms with E-state index in [9.17, 15) is 0 Å². The SMILES string of the molecule is CCCN(CC)c1nc2c(N(Cc3ccccc3)Cc3ccccc3)nc3ccccc3c2n1CC(C)C.CCCNc1nc2c(N(Cc3ccccc3)Cc3ccccc3)nc3ccccc3c2n1CC(C)C. The van der Waals surface area contributed by atoms with Gasteiger partial charge in [-0.3, -0.25) is 0 Å². The molecule has 0 saturated heterocycles. The van der Waals surface area contributed by atoms with Gasteiger partial charge in [0.1, 0.15) is 11.0 Å². The van der Waals surface area contributed by atoms with Crippen molar-refractivity contribution in [1.82, 2.24) is 29.1 Å². The monoisotopic (exact) mass is 983 g/mol. The Labute approximate surface area is 438 Å². The first-order valence-corrected chi connectivity index (χ1v) is 26.9. The summed E-state index contributed by atoms with van der Waals surface area (Å²) >= 11 is 0. The maximum Gasteiger partial charge on any atom is 0.206 e. The van der Waals surface area contributed by atoms with Crippen LogP contribution in [0.25, 0.3) is 43.9 Å². The maximum absolute atomic E-state index is 5.39. The van der Waals surface area contributed by atoms with Gasteiger partial charge in [0.15, 0.2) is 11.6 Å². The van der Waals surface area contributed by atoms with E-state index in [2.05, 4.69) is 247 Å². The number of para-hydroxylation sites is 2. The van der Waals surface area contributed by atoms with Gasteiger partial charge >= 0.3 is 0 Å². The van der Waals surface area contributed by atoms with Gasteiger partial charge < -0.3 is 29.2 Å².